The van der Waals surface area contributed by atoms with E-state index >= 15 is 0 Å². The Labute approximate surface area is 145 Å². The maximum atomic E-state index is 12.5. The van der Waals surface area contributed by atoms with Crippen LogP contribution in [0.25, 0.3) is 0 Å². The van der Waals surface area contributed by atoms with E-state index in [2.05, 4.69) is 4.72 Å². The van der Waals surface area contributed by atoms with Crippen molar-refractivity contribution in [3.63, 3.8) is 0 Å². The van der Waals surface area contributed by atoms with Crippen molar-refractivity contribution in [2.24, 2.45) is 0 Å². The number of carbonyl (C=O) groups is 1. The summed E-state index contributed by atoms with van der Waals surface area (Å²) in [6.07, 6.45) is 0.748. The predicted octanol–water partition coefficient (Wildman–Crippen LogP) is 3.63. The summed E-state index contributed by atoms with van der Waals surface area (Å²) in [5.41, 5.74) is -0.159. The monoisotopic (exact) mass is 369 g/mol. The van der Waals surface area contributed by atoms with E-state index in [4.69, 9.17) is 21.4 Å². The summed E-state index contributed by atoms with van der Waals surface area (Å²) in [7, 11) is -3.99. The average molecular weight is 370 g/mol. The topological polar surface area (TPSA) is 92.7 Å². The van der Waals surface area contributed by atoms with Gasteiger partial charge < -0.3 is 9.84 Å². The number of carboxylic acid groups (broad SMARTS) is 1. The smallest absolute Gasteiger partial charge is 0.337 e. The molecule has 0 atom stereocenters. The standard InChI is InChI=1S/C16H16ClNO5S/c1-2-9-23-15-10-11(7-8-13(15)17)24(21,22)18-14-6-4-3-5-12(14)16(19)20/h3-8,10,18H,2,9H2,1H3,(H,19,20). The van der Waals surface area contributed by atoms with E-state index in [1.165, 1.54) is 36.4 Å². The van der Waals surface area contributed by atoms with Crippen molar-refractivity contribution < 1.29 is 23.1 Å². The van der Waals surface area contributed by atoms with Crippen LogP contribution in [0, 0.1) is 0 Å². The van der Waals surface area contributed by atoms with E-state index in [0.29, 0.717) is 11.6 Å². The summed E-state index contributed by atoms with van der Waals surface area (Å²) in [6, 6.07) is 9.81. The van der Waals surface area contributed by atoms with Crippen molar-refractivity contribution in [3.05, 3.63) is 53.1 Å². The number of benzene rings is 2. The normalized spacial score (nSPS) is 11.1. The van der Waals surface area contributed by atoms with Crippen LogP contribution in [0.15, 0.2) is 47.4 Å². The molecule has 128 valence electrons. The van der Waals surface area contributed by atoms with Crippen molar-refractivity contribution in [2.75, 3.05) is 11.3 Å². The molecule has 0 amide bonds. The van der Waals surface area contributed by atoms with Crippen LogP contribution in [0.4, 0.5) is 5.69 Å². The Kier molecular flexibility index (Phi) is 5.69. The first-order chi connectivity index (χ1) is 11.3. The minimum Gasteiger partial charge on any atom is -0.492 e. The third-order valence-electron chi connectivity index (χ3n) is 3.08. The Hall–Kier alpha value is -2.25. The lowest BCUT2D eigenvalue weighted by Gasteiger charge is -2.12. The van der Waals surface area contributed by atoms with Gasteiger partial charge in [-0.15, -0.1) is 0 Å². The van der Waals surface area contributed by atoms with E-state index < -0.39 is 16.0 Å². The van der Waals surface area contributed by atoms with Gasteiger partial charge in [-0.3, -0.25) is 4.72 Å². The fraction of sp³-hybridized carbons (Fsp3) is 0.188. The largest absolute Gasteiger partial charge is 0.492 e. The van der Waals surface area contributed by atoms with Crippen molar-refractivity contribution >= 4 is 33.3 Å². The first-order valence-electron chi connectivity index (χ1n) is 7.12. The van der Waals surface area contributed by atoms with Gasteiger partial charge in [-0.2, -0.15) is 0 Å². The molecule has 0 fully saturated rings. The highest BCUT2D eigenvalue weighted by Crippen LogP contribution is 2.29. The lowest BCUT2D eigenvalue weighted by Crippen LogP contribution is -2.15. The van der Waals surface area contributed by atoms with Gasteiger partial charge in [0, 0.05) is 6.07 Å². The number of halogens is 1. The number of rotatable bonds is 7. The van der Waals surface area contributed by atoms with Gasteiger partial charge in [0.1, 0.15) is 5.75 Å². The number of para-hydroxylation sites is 1. The van der Waals surface area contributed by atoms with Crippen LogP contribution in [0.2, 0.25) is 5.02 Å². The van der Waals surface area contributed by atoms with E-state index in [1.807, 2.05) is 6.92 Å². The van der Waals surface area contributed by atoms with Gasteiger partial charge in [0.15, 0.2) is 0 Å². The molecule has 2 N–H and O–H groups in total. The molecule has 2 rings (SSSR count). The number of anilines is 1. The first-order valence-corrected chi connectivity index (χ1v) is 8.98. The Morgan fingerprint density at radius 2 is 1.96 bits per heavy atom. The highest BCUT2D eigenvalue weighted by Gasteiger charge is 2.19. The third kappa shape index (κ3) is 4.18. The van der Waals surface area contributed by atoms with E-state index in [1.54, 1.807) is 6.07 Å². The number of nitrogens with one attached hydrogen (secondary N) is 1. The van der Waals surface area contributed by atoms with Crippen molar-refractivity contribution in [3.8, 4) is 5.75 Å². The molecule has 0 radical (unpaired) electrons. The summed E-state index contributed by atoms with van der Waals surface area (Å²) >= 11 is 5.99. The molecule has 6 nitrogen and oxygen atoms in total. The number of aromatic carboxylic acids is 1. The predicted molar refractivity (Wildman–Crippen MR) is 91.4 cm³/mol. The molecule has 0 saturated heterocycles. The maximum Gasteiger partial charge on any atom is 0.337 e. The van der Waals surface area contributed by atoms with Crippen molar-refractivity contribution in [1.29, 1.82) is 0 Å². The number of hydrogen-bond acceptors (Lipinski definition) is 4. The third-order valence-corrected chi connectivity index (χ3v) is 4.75. The maximum absolute atomic E-state index is 12.5. The molecular weight excluding hydrogens is 354 g/mol. The molecule has 0 saturated carbocycles. The molecule has 0 aromatic heterocycles. The zero-order valence-electron chi connectivity index (χ0n) is 12.8. The van der Waals surface area contributed by atoms with Crippen LogP contribution in [0.1, 0.15) is 23.7 Å². The van der Waals surface area contributed by atoms with E-state index in [-0.39, 0.29) is 21.9 Å². The summed E-state index contributed by atoms with van der Waals surface area (Å²) in [5, 5.41) is 9.44. The van der Waals surface area contributed by atoms with Crippen LogP contribution < -0.4 is 9.46 Å². The van der Waals surface area contributed by atoms with Gasteiger partial charge in [-0.05, 0) is 30.7 Å². The highest BCUT2D eigenvalue weighted by atomic mass is 35.5. The Morgan fingerprint density at radius 3 is 2.62 bits per heavy atom. The Morgan fingerprint density at radius 1 is 1.25 bits per heavy atom. The van der Waals surface area contributed by atoms with E-state index in [9.17, 15) is 13.2 Å². The summed E-state index contributed by atoms with van der Waals surface area (Å²) in [5.74, 6) is -0.968. The molecule has 2 aromatic carbocycles. The second-order valence-electron chi connectivity index (χ2n) is 4.90. The molecule has 0 aliphatic rings. The van der Waals surface area contributed by atoms with Gasteiger partial charge in [0.05, 0.1) is 27.8 Å². The van der Waals surface area contributed by atoms with Crippen LogP contribution in [0.3, 0.4) is 0 Å². The Bertz CT molecular complexity index is 851. The molecule has 0 aliphatic carbocycles. The van der Waals surface area contributed by atoms with Crippen LogP contribution in [-0.4, -0.2) is 26.1 Å². The van der Waals surface area contributed by atoms with Gasteiger partial charge in [0.2, 0.25) is 0 Å². The molecule has 0 heterocycles. The zero-order chi connectivity index (χ0) is 17.7. The van der Waals surface area contributed by atoms with Crippen molar-refractivity contribution in [1.82, 2.24) is 0 Å². The lowest BCUT2D eigenvalue weighted by molar-refractivity contribution is 0.0698. The van der Waals surface area contributed by atoms with Gasteiger partial charge >= 0.3 is 5.97 Å². The fourth-order valence-corrected chi connectivity index (χ4v) is 3.20. The number of hydrogen-bond donors (Lipinski definition) is 2. The number of carboxylic acids is 1. The number of ether oxygens (including phenoxy) is 1. The molecular formula is C16H16ClNO5S. The Balaban J connectivity index is 2.36. The molecule has 24 heavy (non-hydrogen) atoms. The van der Waals surface area contributed by atoms with Crippen molar-refractivity contribution in [2.45, 2.75) is 18.2 Å². The van der Waals surface area contributed by atoms with Gasteiger partial charge in [-0.1, -0.05) is 30.7 Å². The summed E-state index contributed by atoms with van der Waals surface area (Å²) in [4.78, 5) is 11.1. The first kappa shape index (κ1) is 18.1. The molecule has 0 bridgehead atoms. The summed E-state index contributed by atoms with van der Waals surface area (Å²) in [6.45, 7) is 2.32. The van der Waals surface area contributed by atoms with Crippen LogP contribution >= 0.6 is 11.6 Å². The average Bonchev–Trinajstić information content (AvgIpc) is 2.53. The van der Waals surface area contributed by atoms with Gasteiger partial charge in [0.25, 0.3) is 10.0 Å². The molecule has 2 aromatic rings. The number of sulfonamides is 1. The molecule has 8 heteroatoms. The van der Waals surface area contributed by atoms with E-state index in [0.717, 1.165) is 6.42 Å². The molecule has 0 unspecified atom stereocenters. The second kappa shape index (κ2) is 7.55. The minimum atomic E-state index is -3.99. The highest BCUT2D eigenvalue weighted by molar-refractivity contribution is 7.92. The summed E-state index contributed by atoms with van der Waals surface area (Å²) < 4.78 is 32.7. The second-order valence-corrected chi connectivity index (χ2v) is 6.99. The minimum absolute atomic E-state index is 0.0176. The molecule has 0 aliphatic heterocycles. The van der Waals surface area contributed by atoms with Crippen LogP contribution in [-0.2, 0) is 10.0 Å². The fourth-order valence-electron chi connectivity index (χ4n) is 1.94. The quantitative estimate of drug-likeness (QED) is 0.777. The lowest BCUT2D eigenvalue weighted by atomic mass is 10.2. The van der Waals surface area contributed by atoms with Gasteiger partial charge in [-0.25, -0.2) is 13.2 Å². The zero-order valence-corrected chi connectivity index (χ0v) is 14.4. The van der Waals surface area contributed by atoms with Crippen LogP contribution in [0.5, 0.6) is 5.75 Å². The molecule has 0 spiro atoms. The SMILES string of the molecule is CCCOc1cc(S(=O)(=O)Nc2ccccc2C(=O)O)ccc1Cl.